The van der Waals surface area contributed by atoms with E-state index in [1.54, 1.807) is 4.90 Å². The molecule has 0 radical (unpaired) electrons. The van der Waals surface area contributed by atoms with E-state index in [9.17, 15) is 19.5 Å². The Morgan fingerprint density at radius 2 is 1.81 bits per heavy atom. The number of aliphatic hydroxyl groups excluding tert-OH is 1. The molecule has 3 saturated heterocycles. The van der Waals surface area contributed by atoms with Crippen molar-refractivity contribution in [1.29, 1.82) is 0 Å². The lowest BCUT2D eigenvalue weighted by molar-refractivity contribution is -0.147. The highest BCUT2D eigenvalue weighted by Gasteiger charge is 2.78. The maximum absolute atomic E-state index is 14.1. The summed E-state index contributed by atoms with van der Waals surface area (Å²) in [5.74, 6) is -1.81. The maximum Gasteiger partial charge on any atom is 0.246 e. The molecule has 37 heavy (non-hydrogen) atoms. The molecular weight excluding hydrogens is 470 g/mol. The van der Waals surface area contributed by atoms with Gasteiger partial charge in [-0.25, -0.2) is 0 Å². The summed E-state index contributed by atoms with van der Waals surface area (Å²) >= 11 is 0. The Kier molecular flexibility index (Phi) is 7.59. The Labute approximate surface area is 219 Å². The largest absolute Gasteiger partial charge is 0.396 e. The number of nitrogens with one attached hydrogen (secondary N) is 2. The van der Waals surface area contributed by atoms with Crippen LogP contribution in [0.5, 0.6) is 0 Å². The van der Waals surface area contributed by atoms with Crippen molar-refractivity contribution in [1.82, 2.24) is 10.2 Å². The van der Waals surface area contributed by atoms with Crippen LogP contribution in [0.4, 0.5) is 5.69 Å². The number of nitrogens with zero attached hydrogens (tertiary/aromatic N) is 1. The molecule has 3 N–H and O–H groups in total. The number of likely N-dealkylation sites (tertiary alicyclic amines) is 1. The second kappa shape index (κ2) is 10.7. The number of carbonyl (C=O) groups is 3. The van der Waals surface area contributed by atoms with Crippen LogP contribution in [0.25, 0.3) is 0 Å². The minimum Gasteiger partial charge on any atom is -0.396 e. The van der Waals surface area contributed by atoms with Crippen molar-refractivity contribution in [2.45, 2.75) is 101 Å². The smallest absolute Gasteiger partial charge is 0.246 e. The SMILES string of the molecule is CC[C@@]12CCC3(O1)C(C(=O)NC1CCCCC1)N(CCCCCO)C(=O)[C@@H]3[C@@H]2C(=O)Nc1ccccc1. The number of anilines is 1. The number of fused-ring (bicyclic) bond motifs is 1. The van der Waals surface area contributed by atoms with Crippen LogP contribution in [-0.4, -0.2) is 64.2 Å². The van der Waals surface area contributed by atoms with Crippen molar-refractivity contribution in [2.24, 2.45) is 11.8 Å². The Morgan fingerprint density at radius 3 is 2.51 bits per heavy atom. The first-order valence-electron chi connectivity index (χ1n) is 14.2. The standard InChI is InChI=1S/C29H41N3O5/c1-2-28-16-17-29(37-28)23(22(28)25(34)30-20-12-6-3-7-13-20)27(36)32(18-10-5-11-19-33)24(29)26(35)31-21-14-8-4-9-15-21/h3,6-7,12-13,21-24,33H,2,4-5,8-11,14-19H2,1H3,(H,30,34)(H,31,35)/t22-,23+,24?,28+,29?/m1/s1. The second-order valence-electron chi connectivity index (χ2n) is 11.3. The van der Waals surface area contributed by atoms with E-state index in [4.69, 9.17) is 4.74 Å². The van der Waals surface area contributed by atoms with E-state index in [-0.39, 0.29) is 30.4 Å². The number of rotatable bonds is 10. The average molecular weight is 512 g/mol. The molecule has 0 aromatic heterocycles. The molecule has 3 heterocycles. The number of para-hydroxylation sites is 1. The number of hydrogen-bond acceptors (Lipinski definition) is 5. The van der Waals surface area contributed by atoms with Crippen LogP contribution in [0.1, 0.15) is 77.6 Å². The number of ether oxygens (including phenoxy) is 1. The van der Waals surface area contributed by atoms with Gasteiger partial charge < -0.3 is 25.4 Å². The summed E-state index contributed by atoms with van der Waals surface area (Å²) in [6, 6.07) is 8.69. The van der Waals surface area contributed by atoms with Crippen molar-refractivity contribution >= 4 is 23.4 Å². The number of hydrogen-bond donors (Lipinski definition) is 3. The van der Waals surface area contributed by atoms with E-state index in [0.717, 1.165) is 32.1 Å². The van der Waals surface area contributed by atoms with Gasteiger partial charge in [-0.05, 0) is 63.5 Å². The quantitative estimate of drug-likeness (QED) is 0.418. The molecule has 1 aromatic carbocycles. The Hall–Kier alpha value is -2.45. The summed E-state index contributed by atoms with van der Waals surface area (Å²) in [6.45, 7) is 2.54. The molecule has 4 fully saturated rings. The first-order chi connectivity index (χ1) is 18.0. The molecule has 2 bridgehead atoms. The monoisotopic (exact) mass is 511 g/mol. The molecule has 1 aromatic rings. The van der Waals surface area contributed by atoms with E-state index in [0.29, 0.717) is 44.3 Å². The van der Waals surface area contributed by atoms with Gasteiger partial charge in [-0.1, -0.05) is 44.4 Å². The summed E-state index contributed by atoms with van der Waals surface area (Å²) in [7, 11) is 0. The summed E-state index contributed by atoms with van der Waals surface area (Å²) < 4.78 is 6.82. The topological polar surface area (TPSA) is 108 Å². The van der Waals surface area contributed by atoms with Gasteiger partial charge in [-0.2, -0.15) is 0 Å². The average Bonchev–Trinajstić information content (AvgIpc) is 3.51. The maximum atomic E-state index is 14.1. The lowest BCUT2D eigenvalue weighted by Gasteiger charge is -2.35. The lowest BCUT2D eigenvalue weighted by Crippen LogP contribution is -2.57. The highest BCUT2D eigenvalue weighted by Crippen LogP contribution is 2.64. The number of unbranched alkanes of at least 4 members (excludes halogenated alkanes) is 2. The number of benzene rings is 1. The molecule has 5 atom stereocenters. The van der Waals surface area contributed by atoms with Gasteiger partial charge in [0.2, 0.25) is 17.7 Å². The van der Waals surface area contributed by atoms with Crippen molar-refractivity contribution in [3.05, 3.63) is 30.3 Å². The Balaban J connectivity index is 1.46. The van der Waals surface area contributed by atoms with Gasteiger partial charge in [0.1, 0.15) is 11.6 Å². The van der Waals surface area contributed by atoms with Gasteiger partial charge in [0.05, 0.1) is 17.4 Å². The van der Waals surface area contributed by atoms with Crippen LogP contribution in [0.2, 0.25) is 0 Å². The molecule has 202 valence electrons. The predicted molar refractivity (Wildman–Crippen MR) is 140 cm³/mol. The van der Waals surface area contributed by atoms with Gasteiger partial charge in [-0.3, -0.25) is 14.4 Å². The first kappa shape index (κ1) is 26.2. The third-order valence-corrected chi connectivity index (χ3v) is 9.26. The fourth-order valence-electron chi connectivity index (χ4n) is 7.50. The fourth-order valence-corrected chi connectivity index (χ4v) is 7.50. The Morgan fingerprint density at radius 1 is 1.05 bits per heavy atom. The molecule has 5 rings (SSSR count). The molecule has 1 spiro atoms. The fraction of sp³-hybridized carbons (Fsp3) is 0.690. The van der Waals surface area contributed by atoms with Crippen LogP contribution in [-0.2, 0) is 19.1 Å². The number of carbonyl (C=O) groups excluding carboxylic acids is 3. The second-order valence-corrected chi connectivity index (χ2v) is 11.3. The van der Waals surface area contributed by atoms with Crippen LogP contribution in [0.3, 0.4) is 0 Å². The zero-order valence-corrected chi connectivity index (χ0v) is 21.9. The van der Waals surface area contributed by atoms with Crippen molar-refractivity contribution in [3.63, 3.8) is 0 Å². The highest BCUT2D eigenvalue weighted by molar-refractivity contribution is 6.02. The molecule has 1 saturated carbocycles. The lowest BCUT2D eigenvalue weighted by atomic mass is 9.65. The van der Waals surface area contributed by atoms with Crippen LogP contribution in [0, 0.1) is 11.8 Å². The molecule has 3 aliphatic heterocycles. The van der Waals surface area contributed by atoms with Gasteiger partial charge in [0.15, 0.2) is 0 Å². The summed E-state index contributed by atoms with van der Waals surface area (Å²) in [4.78, 5) is 43.5. The minimum absolute atomic E-state index is 0.107. The van der Waals surface area contributed by atoms with E-state index < -0.39 is 29.1 Å². The van der Waals surface area contributed by atoms with Gasteiger partial charge in [-0.15, -0.1) is 0 Å². The van der Waals surface area contributed by atoms with Crippen LogP contribution >= 0.6 is 0 Å². The first-order valence-corrected chi connectivity index (χ1v) is 14.2. The van der Waals surface area contributed by atoms with Crippen LogP contribution < -0.4 is 10.6 Å². The molecule has 3 amide bonds. The Bertz CT molecular complexity index is 997. The number of aliphatic hydroxyl groups is 1. The van der Waals surface area contributed by atoms with E-state index in [1.807, 2.05) is 37.3 Å². The van der Waals surface area contributed by atoms with E-state index >= 15 is 0 Å². The van der Waals surface area contributed by atoms with Gasteiger partial charge in [0.25, 0.3) is 0 Å². The minimum atomic E-state index is -0.985. The predicted octanol–water partition coefficient (Wildman–Crippen LogP) is 3.39. The normalized spacial score (nSPS) is 33.0. The van der Waals surface area contributed by atoms with E-state index in [2.05, 4.69) is 10.6 Å². The van der Waals surface area contributed by atoms with Crippen molar-refractivity contribution in [2.75, 3.05) is 18.5 Å². The summed E-state index contributed by atoms with van der Waals surface area (Å²) in [5, 5.41) is 15.5. The molecule has 8 heteroatoms. The van der Waals surface area contributed by atoms with Gasteiger partial charge >= 0.3 is 0 Å². The zero-order chi connectivity index (χ0) is 26.0. The molecular formula is C29H41N3O5. The molecule has 1 aliphatic carbocycles. The van der Waals surface area contributed by atoms with Crippen LogP contribution in [0.15, 0.2) is 30.3 Å². The molecule has 4 aliphatic rings. The van der Waals surface area contributed by atoms with E-state index in [1.165, 1.54) is 6.42 Å². The highest BCUT2D eigenvalue weighted by atomic mass is 16.5. The van der Waals surface area contributed by atoms with Crippen molar-refractivity contribution in [3.8, 4) is 0 Å². The third kappa shape index (κ3) is 4.56. The summed E-state index contributed by atoms with van der Waals surface area (Å²) in [6.07, 6.45) is 9.31. The molecule has 2 unspecified atom stereocenters. The van der Waals surface area contributed by atoms with Gasteiger partial charge in [0, 0.05) is 24.9 Å². The third-order valence-electron chi connectivity index (χ3n) is 9.26. The number of amides is 3. The zero-order valence-electron chi connectivity index (χ0n) is 21.9. The summed E-state index contributed by atoms with van der Waals surface area (Å²) in [5.41, 5.74) is -1.04. The van der Waals surface area contributed by atoms with Crippen molar-refractivity contribution < 1.29 is 24.2 Å². The molecule has 8 nitrogen and oxygen atoms in total.